The van der Waals surface area contributed by atoms with Gasteiger partial charge in [-0.2, -0.15) is 13.2 Å². The highest BCUT2D eigenvalue weighted by atomic mass is 19.4. The van der Waals surface area contributed by atoms with E-state index in [1.54, 1.807) is 0 Å². The summed E-state index contributed by atoms with van der Waals surface area (Å²) in [5.41, 5.74) is 0.537. The Morgan fingerprint density at radius 2 is 2.00 bits per heavy atom. The van der Waals surface area contributed by atoms with E-state index < -0.39 is 17.7 Å². The minimum absolute atomic E-state index is 0.0558. The normalized spacial score (nSPS) is 11.6. The average Bonchev–Trinajstić information content (AvgIpc) is 3.05. The molecule has 0 amide bonds. The number of hydrogen-bond acceptors (Lipinski definition) is 4. The van der Waals surface area contributed by atoms with Gasteiger partial charge in [0.2, 0.25) is 0 Å². The van der Waals surface area contributed by atoms with Crippen LogP contribution < -0.4 is 0 Å². The summed E-state index contributed by atoms with van der Waals surface area (Å²) in [6.07, 6.45) is -1.17. The average molecular weight is 356 g/mol. The van der Waals surface area contributed by atoms with Gasteiger partial charge < -0.3 is 14.5 Å². The summed E-state index contributed by atoms with van der Waals surface area (Å²) in [5, 5.41) is 0. The van der Waals surface area contributed by atoms with Gasteiger partial charge in [0.15, 0.2) is 5.69 Å². The first kappa shape index (κ1) is 19.0. The number of nitrogens with one attached hydrogen (secondary N) is 1. The Bertz CT molecular complexity index is 713. The number of esters is 1. The topological polar surface area (TPSA) is 64.2 Å². The summed E-state index contributed by atoms with van der Waals surface area (Å²) in [4.78, 5) is 18.1. The number of aromatic nitrogens is 2. The van der Waals surface area contributed by atoms with Crippen molar-refractivity contribution in [1.29, 1.82) is 0 Å². The van der Waals surface area contributed by atoms with Crippen molar-refractivity contribution in [2.45, 2.75) is 25.9 Å². The maximum Gasteiger partial charge on any atom is 0.416 e. The van der Waals surface area contributed by atoms with Crippen molar-refractivity contribution in [3.8, 4) is 0 Å². The number of ether oxygens (including phenoxy) is 2. The van der Waals surface area contributed by atoms with E-state index in [1.807, 2.05) is 0 Å². The maximum atomic E-state index is 13.3. The fraction of sp³-hybridized carbons (Fsp3) is 0.412. The molecule has 0 saturated carbocycles. The fourth-order valence-electron chi connectivity index (χ4n) is 2.61. The second kappa shape index (κ2) is 8.15. The highest BCUT2D eigenvalue weighted by Crippen LogP contribution is 2.35. The van der Waals surface area contributed by atoms with E-state index in [-0.39, 0.29) is 36.5 Å². The number of rotatable bonds is 7. The first-order valence-electron chi connectivity index (χ1n) is 7.67. The van der Waals surface area contributed by atoms with E-state index in [2.05, 4.69) is 9.97 Å². The van der Waals surface area contributed by atoms with Gasteiger partial charge >= 0.3 is 12.1 Å². The first-order valence-corrected chi connectivity index (χ1v) is 7.67. The molecule has 0 aliphatic rings. The summed E-state index contributed by atoms with van der Waals surface area (Å²) in [7, 11) is 1.44. The lowest BCUT2D eigenvalue weighted by Crippen LogP contribution is -2.14. The van der Waals surface area contributed by atoms with Crippen LogP contribution in [0.3, 0.4) is 0 Å². The van der Waals surface area contributed by atoms with Crippen LogP contribution in [-0.2, 0) is 28.5 Å². The monoisotopic (exact) mass is 356 g/mol. The van der Waals surface area contributed by atoms with Crippen LogP contribution in [0.4, 0.5) is 13.2 Å². The van der Waals surface area contributed by atoms with Gasteiger partial charge in [0.05, 0.1) is 25.1 Å². The molecule has 1 N–H and O–H groups in total. The molecule has 0 unspecified atom stereocenters. The van der Waals surface area contributed by atoms with Crippen molar-refractivity contribution < 1.29 is 27.4 Å². The molecule has 5 nitrogen and oxygen atoms in total. The molecule has 1 heterocycles. The van der Waals surface area contributed by atoms with Crippen molar-refractivity contribution >= 4 is 5.97 Å². The minimum atomic E-state index is -4.42. The number of carbonyl (C=O) groups is 1. The van der Waals surface area contributed by atoms with Crippen molar-refractivity contribution in [2.24, 2.45) is 0 Å². The van der Waals surface area contributed by atoms with Gasteiger partial charge in [-0.3, -0.25) is 0 Å². The van der Waals surface area contributed by atoms with Gasteiger partial charge in [-0.1, -0.05) is 12.1 Å². The Morgan fingerprint density at radius 3 is 2.60 bits per heavy atom. The molecule has 0 bridgehead atoms. The molecule has 0 aliphatic heterocycles. The molecule has 0 fully saturated rings. The van der Waals surface area contributed by atoms with Gasteiger partial charge in [-0.25, -0.2) is 9.78 Å². The van der Waals surface area contributed by atoms with Gasteiger partial charge in [0.25, 0.3) is 0 Å². The first-order chi connectivity index (χ1) is 11.8. The number of aryl methyl sites for hydroxylation is 1. The Morgan fingerprint density at radius 1 is 1.24 bits per heavy atom. The number of carbonyl (C=O) groups excluding carboxylic acids is 1. The van der Waals surface area contributed by atoms with E-state index in [0.717, 1.165) is 0 Å². The van der Waals surface area contributed by atoms with Gasteiger partial charge in [0.1, 0.15) is 0 Å². The predicted octanol–water partition coefficient (Wildman–Crippen LogP) is 3.33. The van der Waals surface area contributed by atoms with Crippen molar-refractivity contribution in [1.82, 2.24) is 9.97 Å². The Hall–Kier alpha value is -2.35. The van der Waals surface area contributed by atoms with Crippen molar-refractivity contribution in [3.05, 3.63) is 52.6 Å². The fourth-order valence-corrected chi connectivity index (χ4v) is 2.61. The van der Waals surface area contributed by atoms with E-state index >= 15 is 0 Å². The molecule has 2 rings (SSSR count). The number of halogens is 3. The summed E-state index contributed by atoms with van der Waals surface area (Å²) in [6.45, 7) is 1.68. The van der Waals surface area contributed by atoms with E-state index in [4.69, 9.17) is 9.47 Å². The highest BCUT2D eigenvalue weighted by Gasteiger charge is 2.35. The molecule has 0 aliphatic carbocycles. The second-order valence-corrected chi connectivity index (χ2v) is 5.53. The number of alkyl halides is 3. The lowest BCUT2D eigenvalue weighted by Gasteiger charge is -2.17. The molecule has 8 heteroatoms. The molecule has 0 spiro atoms. The Kier molecular flexibility index (Phi) is 6.19. The van der Waals surface area contributed by atoms with Crippen LogP contribution in [-0.4, -0.2) is 36.3 Å². The molecule has 25 heavy (non-hydrogen) atoms. The molecule has 0 atom stereocenters. The third kappa shape index (κ3) is 5.06. The molecule has 0 saturated heterocycles. The molecule has 136 valence electrons. The summed E-state index contributed by atoms with van der Waals surface area (Å²) >= 11 is 0. The largest absolute Gasteiger partial charge is 0.461 e. The van der Waals surface area contributed by atoms with Crippen LogP contribution in [0.5, 0.6) is 0 Å². The minimum Gasteiger partial charge on any atom is -0.461 e. The number of nitrogens with zero attached hydrogens (tertiary/aromatic N) is 1. The van der Waals surface area contributed by atoms with Crippen LogP contribution in [0, 0.1) is 6.92 Å². The maximum absolute atomic E-state index is 13.3. The quantitative estimate of drug-likeness (QED) is 0.773. The lowest BCUT2D eigenvalue weighted by atomic mass is 9.95. The molecular weight excluding hydrogens is 337 g/mol. The van der Waals surface area contributed by atoms with E-state index in [9.17, 15) is 18.0 Å². The highest BCUT2D eigenvalue weighted by molar-refractivity contribution is 5.86. The second-order valence-electron chi connectivity index (χ2n) is 5.53. The number of H-pyrrole nitrogens is 1. The summed E-state index contributed by atoms with van der Waals surface area (Å²) in [6, 6.07) is 2.97. The van der Waals surface area contributed by atoms with Crippen LogP contribution >= 0.6 is 0 Å². The SMILES string of the molecule is COCCc1cc(CCOC(=O)c2c[nH]cn2)cc(C)c1C(F)(F)F. The predicted molar refractivity (Wildman–Crippen MR) is 84.3 cm³/mol. The van der Waals surface area contributed by atoms with Gasteiger partial charge in [-0.05, 0) is 30.0 Å². The summed E-state index contributed by atoms with van der Waals surface area (Å²) in [5.74, 6) is -0.579. The third-order valence-electron chi connectivity index (χ3n) is 3.67. The van der Waals surface area contributed by atoms with Crippen LogP contribution in [0.2, 0.25) is 0 Å². The zero-order chi connectivity index (χ0) is 18.4. The number of hydrogen-bond donors (Lipinski definition) is 1. The van der Waals surface area contributed by atoms with Crippen LogP contribution in [0.15, 0.2) is 24.7 Å². The number of methoxy groups -OCH3 is 1. The zero-order valence-corrected chi connectivity index (χ0v) is 13.9. The van der Waals surface area contributed by atoms with Crippen LogP contribution in [0.25, 0.3) is 0 Å². The molecular formula is C17H19F3N2O3. The Labute approximate surface area is 143 Å². The van der Waals surface area contributed by atoms with Gasteiger partial charge in [-0.15, -0.1) is 0 Å². The molecule has 1 aromatic heterocycles. The van der Waals surface area contributed by atoms with E-state index in [1.165, 1.54) is 38.7 Å². The van der Waals surface area contributed by atoms with Gasteiger partial charge in [0, 0.05) is 19.7 Å². The smallest absolute Gasteiger partial charge is 0.416 e. The molecule has 0 radical (unpaired) electrons. The standard InChI is InChI=1S/C17H19F3N2O3/c1-11-7-12(3-6-25-16(23)14-9-21-10-22-14)8-13(4-5-24-2)15(11)17(18,19)20/h7-10H,3-6H2,1-2H3,(H,21,22). The molecule has 1 aromatic carbocycles. The number of imidazole rings is 1. The van der Waals surface area contributed by atoms with Crippen molar-refractivity contribution in [2.75, 3.05) is 20.3 Å². The Balaban J connectivity index is 2.10. The third-order valence-corrected chi connectivity index (χ3v) is 3.67. The van der Waals surface area contributed by atoms with Crippen molar-refractivity contribution in [3.63, 3.8) is 0 Å². The van der Waals surface area contributed by atoms with E-state index in [0.29, 0.717) is 12.0 Å². The summed E-state index contributed by atoms with van der Waals surface area (Å²) < 4.78 is 49.8. The zero-order valence-electron chi connectivity index (χ0n) is 13.9. The lowest BCUT2D eigenvalue weighted by molar-refractivity contribution is -0.138. The number of benzene rings is 1. The molecule has 2 aromatic rings. The number of aromatic amines is 1. The van der Waals surface area contributed by atoms with Crippen LogP contribution in [0.1, 0.15) is 32.7 Å².